The summed E-state index contributed by atoms with van der Waals surface area (Å²) in [5.74, 6) is -0.109. The summed E-state index contributed by atoms with van der Waals surface area (Å²) in [6.45, 7) is 2.64. The summed E-state index contributed by atoms with van der Waals surface area (Å²) in [5, 5.41) is 19.4. The lowest BCUT2D eigenvalue weighted by molar-refractivity contribution is 0.0672. The second kappa shape index (κ2) is 6.05. The lowest BCUT2D eigenvalue weighted by atomic mass is 9.98. The van der Waals surface area contributed by atoms with E-state index >= 15 is 0 Å². The van der Waals surface area contributed by atoms with Crippen LogP contribution in [0.4, 0.5) is 0 Å². The summed E-state index contributed by atoms with van der Waals surface area (Å²) in [4.78, 5) is 19.2. The minimum atomic E-state index is -0.449. The largest absolute Gasteiger partial charge is 0.330 e. The van der Waals surface area contributed by atoms with Crippen LogP contribution in [0.1, 0.15) is 40.9 Å². The molecule has 27 heavy (non-hydrogen) atoms. The molecule has 5 rings (SSSR count). The van der Waals surface area contributed by atoms with Gasteiger partial charge in [-0.15, -0.1) is 10.2 Å². The Morgan fingerprint density at radius 2 is 2.04 bits per heavy atom. The number of aromatic nitrogens is 4. The highest BCUT2D eigenvalue weighted by atomic mass is 79.9. The topological polar surface area (TPSA) is 105 Å². The number of hydrogen-bond acceptors (Lipinski definition) is 7. The van der Waals surface area contributed by atoms with E-state index in [0.717, 1.165) is 16.5 Å². The maximum atomic E-state index is 13.1. The maximum Gasteiger partial charge on any atom is 0.274 e. The average Bonchev–Trinajstić information content (AvgIpc) is 3.39. The van der Waals surface area contributed by atoms with E-state index in [9.17, 15) is 4.79 Å². The normalized spacial score (nSPS) is 19.2. The molecule has 0 saturated heterocycles. The molecule has 0 N–H and O–H groups in total. The zero-order valence-corrected chi connectivity index (χ0v) is 15.9. The molecule has 0 fully saturated rings. The van der Waals surface area contributed by atoms with Crippen molar-refractivity contribution in [2.75, 3.05) is 6.54 Å². The Labute approximate surface area is 161 Å². The van der Waals surface area contributed by atoms with Gasteiger partial charge in [0.05, 0.1) is 10.5 Å². The minimum Gasteiger partial charge on any atom is -0.330 e. The van der Waals surface area contributed by atoms with E-state index in [1.165, 1.54) is 5.56 Å². The lowest BCUT2D eigenvalue weighted by Crippen LogP contribution is -2.38. The second-order valence-electron chi connectivity index (χ2n) is 6.47. The third-order valence-electron chi connectivity index (χ3n) is 4.88. The van der Waals surface area contributed by atoms with Gasteiger partial charge in [0.15, 0.2) is 11.3 Å². The zero-order valence-electron chi connectivity index (χ0n) is 14.3. The summed E-state index contributed by atoms with van der Waals surface area (Å²) in [5.41, 5.74) is 3.28. The third-order valence-corrected chi connectivity index (χ3v) is 5.29. The maximum absolute atomic E-state index is 13.1. The fraction of sp³-hybridized carbons (Fsp3) is 0.312. The Morgan fingerprint density at radius 1 is 1.22 bits per heavy atom. The van der Waals surface area contributed by atoms with Gasteiger partial charge < -0.3 is 9.47 Å². The molecule has 0 spiro atoms. The fourth-order valence-electron chi connectivity index (χ4n) is 3.52. The molecule has 136 valence electrons. The van der Waals surface area contributed by atoms with Crippen LogP contribution in [0.2, 0.25) is 0 Å². The van der Waals surface area contributed by atoms with Crippen molar-refractivity contribution in [1.82, 2.24) is 24.1 Å². The molecule has 5 heterocycles. The van der Waals surface area contributed by atoms with E-state index in [1.54, 1.807) is 23.0 Å². The van der Waals surface area contributed by atoms with Gasteiger partial charge in [-0.3, -0.25) is 4.79 Å². The van der Waals surface area contributed by atoms with Gasteiger partial charge in [0.2, 0.25) is 0 Å². The van der Waals surface area contributed by atoms with Crippen LogP contribution in [0.3, 0.4) is 0 Å². The fourth-order valence-corrected chi connectivity index (χ4v) is 3.82. The third kappa shape index (κ3) is 2.65. The first kappa shape index (κ1) is 16.2. The monoisotopic (exact) mass is 427 g/mol. The predicted molar refractivity (Wildman–Crippen MR) is 97.0 cm³/mol. The van der Waals surface area contributed by atoms with Crippen LogP contribution in [0.5, 0.6) is 0 Å². The molecule has 0 radical (unpaired) electrons. The molecule has 11 heteroatoms. The van der Waals surface area contributed by atoms with Crippen molar-refractivity contribution in [2.24, 2.45) is 20.7 Å². The van der Waals surface area contributed by atoms with Crippen molar-refractivity contribution in [3.05, 3.63) is 52.1 Å². The first-order valence-electron chi connectivity index (χ1n) is 8.42. The number of rotatable bonds is 2. The Balaban J connectivity index is 1.44. The standard InChI is InChI=1S/C16H14BrN9O/c1-9-12-8-24(16-19-22-23-20-16)6-10(12)2-3-25(9)15(27)13-4-14-18-5-11(17)7-26(14)21-13/h4-9,16H,2-3H2,1H3. The highest BCUT2D eigenvalue weighted by Crippen LogP contribution is 2.33. The molecule has 2 aliphatic heterocycles. The van der Waals surface area contributed by atoms with Gasteiger partial charge in [0, 0.05) is 37.4 Å². The number of hydrogen-bond donors (Lipinski definition) is 0. The van der Waals surface area contributed by atoms with E-state index in [1.807, 2.05) is 28.8 Å². The Morgan fingerprint density at radius 3 is 2.85 bits per heavy atom. The molecule has 1 amide bonds. The molecule has 0 bridgehead atoms. The van der Waals surface area contributed by atoms with Gasteiger partial charge in [0.1, 0.15) is 0 Å². The quantitative estimate of drug-likeness (QED) is 0.625. The summed E-state index contributed by atoms with van der Waals surface area (Å²) in [6.07, 6.45) is 7.75. The minimum absolute atomic E-state index is 0.0812. The number of halogens is 1. The van der Waals surface area contributed by atoms with Crippen LogP contribution in [-0.4, -0.2) is 36.5 Å². The van der Waals surface area contributed by atoms with Crippen molar-refractivity contribution >= 4 is 27.5 Å². The zero-order chi connectivity index (χ0) is 18.5. The summed E-state index contributed by atoms with van der Waals surface area (Å²) >= 11 is 3.36. The van der Waals surface area contributed by atoms with E-state index in [2.05, 4.69) is 46.7 Å². The molecule has 0 saturated carbocycles. The van der Waals surface area contributed by atoms with Gasteiger partial charge >= 0.3 is 0 Å². The van der Waals surface area contributed by atoms with Crippen LogP contribution in [0.25, 0.3) is 5.65 Å². The number of nitrogens with zero attached hydrogens (tertiary/aromatic N) is 9. The molecule has 1 unspecified atom stereocenters. The van der Waals surface area contributed by atoms with E-state index in [0.29, 0.717) is 17.9 Å². The molecule has 3 aromatic heterocycles. The van der Waals surface area contributed by atoms with Gasteiger partial charge in [-0.1, -0.05) is 0 Å². The SMILES string of the molecule is CC1c2cn(C3N=NN=N3)cc2CCN1C(=O)c1cc2ncc(Br)cn2n1. The van der Waals surface area contributed by atoms with Crippen LogP contribution < -0.4 is 0 Å². The molecule has 0 aliphatic carbocycles. The van der Waals surface area contributed by atoms with E-state index in [-0.39, 0.29) is 11.9 Å². The summed E-state index contributed by atoms with van der Waals surface area (Å²) in [6, 6.07) is 1.63. The molecule has 3 aromatic rings. The van der Waals surface area contributed by atoms with E-state index in [4.69, 9.17) is 0 Å². The first-order chi connectivity index (χ1) is 13.1. The Hall–Kier alpha value is -2.95. The molecular formula is C16H14BrN9O. The van der Waals surface area contributed by atoms with Crippen LogP contribution in [-0.2, 0) is 6.42 Å². The van der Waals surface area contributed by atoms with Crippen molar-refractivity contribution in [3.63, 3.8) is 0 Å². The number of amides is 1. The Bertz CT molecular complexity index is 1100. The van der Waals surface area contributed by atoms with Crippen LogP contribution in [0, 0.1) is 0 Å². The van der Waals surface area contributed by atoms with Crippen molar-refractivity contribution in [2.45, 2.75) is 25.7 Å². The molecule has 1 atom stereocenters. The average molecular weight is 428 g/mol. The van der Waals surface area contributed by atoms with E-state index < -0.39 is 6.29 Å². The summed E-state index contributed by atoms with van der Waals surface area (Å²) in [7, 11) is 0. The van der Waals surface area contributed by atoms with Crippen molar-refractivity contribution in [1.29, 1.82) is 0 Å². The van der Waals surface area contributed by atoms with Crippen molar-refractivity contribution in [3.8, 4) is 0 Å². The number of carbonyl (C=O) groups excluding carboxylic acids is 1. The van der Waals surface area contributed by atoms with Gasteiger partial charge in [-0.2, -0.15) is 5.10 Å². The van der Waals surface area contributed by atoms with Gasteiger partial charge in [-0.05, 0) is 50.8 Å². The molecule has 10 nitrogen and oxygen atoms in total. The smallest absolute Gasteiger partial charge is 0.274 e. The lowest BCUT2D eigenvalue weighted by Gasteiger charge is -2.33. The van der Waals surface area contributed by atoms with Gasteiger partial charge in [-0.25, -0.2) is 9.50 Å². The van der Waals surface area contributed by atoms with Crippen LogP contribution >= 0.6 is 15.9 Å². The Kier molecular flexibility index (Phi) is 3.64. The molecular weight excluding hydrogens is 414 g/mol. The number of fused-ring (bicyclic) bond motifs is 2. The van der Waals surface area contributed by atoms with Gasteiger partial charge in [0.25, 0.3) is 12.2 Å². The van der Waals surface area contributed by atoms with Crippen LogP contribution in [0.15, 0.2) is 56.0 Å². The van der Waals surface area contributed by atoms with Crippen molar-refractivity contribution < 1.29 is 4.79 Å². The highest BCUT2D eigenvalue weighted by molar-refractivity contribution is 9.10. The predicted octanol–water partition coefficient (Wildman–Crippen LogP) is 3.34. The molecule has 0 aromatic carbocycles. The molecule has 2 aliphatic rings. The highest BCUT2D eigenvalue weighted by Gasteiger charge is 2.31. The number of carbonyl (C=O) groups is 1. The first-order valence-corrected chi connectivity index (χ1v) is 9.21. The second-order valence-corrected chi connectivity index (χ2v) is 7.39. The summed E-state index contributed by atoms with van der Waals surface area (Å²) < 4.78 is 4.28.